The molecule has 0 aliphatic heterocycles. The molecular formula is C10H8N2O5. The number of rotatable bonds is 2. The molecule has 1 aromatic rings. The van der Waals surface area contributed by atoms with Gasteiger partial charge in [0.15, 0.2) is 0 Å². The maximum absolute atomic E-state index is 11.0. The molecule has 0 unspecified atom stereocenters. The van der Waals surface area contributed by atoms with Crippen LogP contribution in [0.25, 0.3) is 0 Å². The topological polar surface area (TPSA) is 102 Å². The second kappa shape index (κ2) is 5.46. The molecule has 0 fully saturated rings. The maximum atomic E-state index is 11.0. The van der Waals surface area contributed by atoms with Crippen molar-refractivity contribution in [1.82, 2.24) is 4.98 Å². The van der Waals surface area contributed by atoms with E-state index in [1.54, 1.807) is 0 Å². The number of hydrogen-bond acceptors (Lipinski definition) is 5. The highest BCUT2D eigenvalue weighted by atomic mass is 16.6. The Hall–Kier alpha value is -2.62. The standard InChI is InChI=1S/C10H8N2O5/c1-17-9(13)4-2-3-7-5-8(12(15)16)10(14)11-6-7/h5-6H,4H2,1H3,(H,11,14). The van der Waals surface area contributed by atoms with Crippen molar-refractivity contribution in [3.05, 3.63) is 38.3 Å². The molecule has 1 heterocycles. The van der Waals surface area contributed by atoms with Crippen molar-refractivity contribution in [1.29, 1.82) is 0 Å². The van der Waals surface area contributed by atoms with Gasteiger partial charge in [0.1, 0.15) is 6.42 Å². The summed E-state index contributed by atoms with van der Waals surface area (Å²) in [6, 6.07) is 1.04. The van der Waals surface area contributed by atoms with Gasteiger partial charge in [0.2, 0.25) is 0 Å². The van der Waals surface area contributed by atoms with Gasteiger partial charge in [-0.25, -0.2) is 0 Å². The number of methoxy groups -OCH3 is 1. The number of aromatic nitrogens is 1. The van der Waals surface area contributed by atoms with Crippen LogP contribution in [0.4, 0.5) is 5.69 Å². The zero-order valence-corrected chi connectivity index (χ0v) is 8.85. The number of esters is 1. The minimum absolute atomic E-state index is 0.122. The average molecular weight is 236 g/mol. The van der Waals surface area contributed by atoms with E-state index in [1.807, 2.05) is 0 Å². The largest absolute Gasteiger partial charge is 0.468 e. The summed E-state index contributed by atoms with van der Waals surface area (Å²) < 4.78 is 4.36. The summed E-state index contributed by atoms with van der Waals surface area (Å²) in [6.07, 6.45) is 1.11. The molecule has 0 aromatic carbocycles. The minimum Gasteiger partial charge on any atom is -0.468 e. The van der Waals surface area contributed by atoms with Crippen LogP contribution in [0.2, 0.25) is 0 Å². The van der Waals surface area contributed by atoms with Gasteiger partial charge in [-0.2, -0.15) is 0 Å². The Labute approximate surface area is 95.6 Å². The first-order chi connectivity index (χ1) is 8.04. The lowest BCUT2D eigenvalue weighted by Gasteiger charge is -1.92. The van der Waals surface area contributed by atoms with Crippen LogP contribution in [0, 0.1) is 22.0 Å². The van der Waals surface area contributed by atoms with E-state index in [4.69, 9.17) is 0 Å². The van der Waals surface area contributed by atoms with Gasteiger partial charge in [0.05, 0.1) is 12.0 Å². The van der Waals surface area contributed by atoms with Crippen LogP contribution in [-0.2, 0) is 9.53 Å². The summed E-state index contributed by atoms with van der Waals surface area (Å²) >= 11 is 0. The summed E-state index contributed by atoms with van der Waals surface area (Å²) in [5.41, 5.74) is -1.14. The lowest BCUT2D eigenvalue weighted by Crippen LogP contribution is -2.10. The molecule has 0 radical (unpaired) electrons. The number of nitrogens with zero attached hydrogens (tertiary/aromatic N) is 1. The summed E-state index contributed by atoms with van der Waals surface area (Å²) in [4.78, 5) is 33.6. The van der Waals surface area contributed by atoms with Crippen molar-refractivity contribution in [2.75, 3.05) is 7.11 Å². The number of hydrogen-bond donors (Lipinski definition) is 1. The Morgan fingerprint density at radius 2 is 2.35 bits per heavy atom. The number of nitrogens with one attached hydrogen (secondary N) is 1. The van der Waals surface area contributed by atoms with E-state index < -0.39 is 22.1 Å². The first-order valence-electron chi connectivity index (χ1n) is 4.47. The van der Waals surface area contributed by atoms with E-state index in [-0.39, 0.29) is 12.0 Å². The van der Waals surface area contributed by atoms with Gasteiger partial charge >= 0.3 is 17.2 Å². The first-order valence-corrected chi connectivity index (χ1v) is 4.47. The van der Waals surface area contributed by atoms with Crippen molar-refractivity contribution in [3.8, 4) is 11.8 Å². The molecule has 1 aromatic heterocycles. The van der Waals surface area contributed by atoms with Crippen molar-refractivity contribution >= 4 is 11.7 Å². The summed E-state index contributed by atoms with van der Waals surface area (Å²) in [6.45, 7) is 0. The molecule has 88 valence electrons. The van der Waals surface area contributed by atoms with Crippen LogP contribution in [0.3, 0.4) is 0 Å². The Kier molecular flexibility index (Phi) is 4.00. The van der Waals surface area contributed by atoms with E-state index in [2.05, 4.69) is 21.6 Å². The van der Waals surface area contributed by atoms with Crippen molar-refractivity contribution < 1.29 is 14.5 Å². The molecule has 0 spiro atoms. The highest BCUT2D eigenvalue weighted by Gasteiger charge is 2.11. The van der Waals surface area contributed by atoms with E-state index >= 15 is 0 Å². The molecule has 0 aliphatic carbocycles. The Morgan fingerprint density at radius 3 is 2.94 bits per heavy atom. The van der Waals surface area contributed by atoms with Crippen LogP contribution in [0.5, 0.6) is 0 Å². The highest BCUT2D eigenvalue weighted by Crippen LogP contribution is 2.04. The number of pyridine rings is 1. The third-order valence-electron chi connectivity index (χ3n) is 1.77. The van der Waals surface area contributed by atoms with Gasteiger partial charge in [-0.3, -0.25) is 19.7 Å². The second-order valence-corrected chi connectivity index (χ2v) is 2.91. The molecule has 0 atom stereocenters. The molecule has 1 rings (SSSR count). The minimum atomic E-state index is -0.801. The number of aromatic amines is 1. The smallest absolute Gasteiger partial charge is 0.335 e. The second-order valence-electron chi connectivity index (χ2n) is 2.91. The molecule has 0 saturated carbocycles. The molecule has 0 bridgehead atoms. The van der Waals surface area contributed by atoms with Crippen LogP contribution in [0.15, 0.2) is 17.1 Å². The van der Waals surface area contributed by atoms with Gasteiger partial charge in [-0.05, 0) is 0 Å². The zero-order chi connectivity index (χ0) is 12.8. The fourth-order valence-electron chi connectivity index (χ4n) is 0.970. The fourth-order valence-corrected chi connectivity index (χ4v) is 0.970. The van der Waals surface area contributed by atoms with Gasteiger partial charge in [-0.1, -0.05) is 11.8 Å². The number of H-pyrrole nitrogens is 1. The molecule has 7 heteroatoms. The van der Waals surface area contributed by atoms with E-state index in [9.17, 15) is 19.7 Å². The Bertz CT molecular complexity index is 564. The molecule has 1 N–H and O–H groups in total. The van der Waals surface area contributed by atoms with Crippen molar-refractivity contribution in [2.24, 2.45) is 0 Å². The fraction of sp³-hybridized carbons (Fsp3) is 0.200. The van der Waals surface area contributed by atoms with Crippen molar-refractivity contribution in [2.45, 2.75) is 6.42 Å². The average Bonchev–Trinajstić information content (AvgIpc) is 2.30. The third kappa shape index (κ3) is 3.46. The zero-order valence-electron chi connectivity index (χ0n) is 8.85. The normalized spacial score (nSPS) is 9.00. The Morgan fingerprint density at radius 1 is 1.65 bits per heavy atom. The molecule has 7 nitrogen and oxygen atoms in total. The number of ether oxygens (including phenoxy) is 1. The summed E-state index contributed by atoms with van der Waals surface area (Å²) in [5, 5.41) is 10.5. The van der Waals surface area contributed by atoms with E-state index in [0.717, 1.165) is 6.07 Å². The summed E-state index contributed by atoms with van der Waals surface area (Å²) in [5.74, 6) is 4.47. The molecule has 0 amide bonds. The SMILES string of the molecule is COC(=O)CC#Cc1c[nH]c(=O)c([N+](=O)[O-])c1. The van der Waals surface area contributed by atoms with Crippen LogP contribution in [0.1, 0.15) is 12.0 Å². The lowest BCUT2D eigenvalue weighted by molar-refractivity contribution is -0.386. The number of nitro groups is 1. The lowest BCUT2D eigenvalue weighted by atomic mass is 10.2. The van der Waals surface area contributed by atoms with Crippen molar-refractivity contribution in [3.63, 3.8) is 0 Å². The first kappa shape index (κ1) is 12.4. The maximum Gasteiger partial charge on any atom is 0.335 e. The van der Waals surface area contributed by atoms with Crippen LogP contribution >= 0.6 is 0 Å². The van der Waals surface area contributed by atoms with Gasteiger partial charge in [-0.15, -0.1) is 0 Å². The van der Waals surface area contributed by atoms with Gasteiger partial charge in [0.25, 0.3) is 0 Å². The molecule has 17 heavy (non-hydrogen) atoms. The highest BCUT2D eigenvalue weighted by molar-refractivity contribution is 5.72. The quantitative estimate of drug-likeness (QED) is 0.342. The van der Waals surface area contributed by atoms with E-state index in [1.165, 1.54) is 13.3 Å². The summed E-state index contributed by atoms with van der Waals surface area (Å²) in [7, 11) is 1.23. The van der Waals surface area contributed by atoms with Crippen LogP contribution < -0.4 is 5.56 Å². The Balaban J connectivity index is 2.93. The third-order valence-corrected chi connectivity index (χ3v) is 1.77. The van der Waals surface area contributed by atoms with Gasteiger partial charge in [0, 0.05) is 17.8 Å². The van der Waals surface area contributed by atoms with E-state index in [0.29, 0.717) is 0 Å². The predicted octanol–water partition coefficient (Wildman–Crippen LogP) is 0.198. The molecular weight excluding hydrogens is 228 g/mol. The van der Waals surface area contributed by atoms with Crippen LogP contribution in [-0.4, -0.2) is 23.0 Å². The predicted molar refractivity (Wildman–Crippen MR) is 57.2 cm³/mol. The molecule has 0 aliphatic rings. The number of carbonyl (C=O) groups is 1. The monoisotopic (exact) mass is 236 g/mol. The van der Waals surface area contributed by atoms with Gasteiger partial charge < -0.3 is 9.72 Å². The number of carbonyl (C=O) groups excluding carboxylic acids is 1. The molecule has 0 saturated heterocycles.